The van der Waals surface area contributed by atoms with Gasteiger partial charge in [-0.25, -0.2) is 13.8 Å². The Hall–Kier alpha value is -3.47. The van der Waals surface area contributed by atoms with Crippen molar-refractivity contribution >= 4 is 56.7 Å². The van der Waals surface area contributed by atoms with Crippen LogP contribution in [0.15, 0.2) is 76.7 Å². The Kier molecular flexibility index (Phi) is 7.87. The topological polar surface area (TPSA) is 122 Å². The summed E-state index contributed by atoms with van der Waals surface area (Å²) in [6.45, 7) is 1.19. The summed E-state index contributed by atoms with van der Waals surface area (Å²) in [5.41, 5.74) is 3.43. The molecule has 0 bridgehead atoms. The van der Waals surface area contributed by atoms with Gasteiger partial charge in [-0.15, -0.1) is 0 Å². The number of rotatable bonds is 8. The van der Waals surface area contributed by atoms with E-state index in [4.69, 9.17) is 23.2 Å². The van der Waals surface area contributed by atoms with Gasteiger partial charge < -0.3 is 0 Å². The molecule has 3 rings (SSSR count). The standard InChI is InChI=1S/C22H18Cl2N4O5S/c1-15-5-7-21(8-6-15)34(32,33)27(20-11-17(23)10-18(24)12-20)14-22(29)26-25-13-16-3-2-4-19(9-16)28(30)31/h2-13H,14H2,1H3,(H,26,29)/b25-13-. The van der Waals surface area contributed by atoms with E-state index in [0.717, 1.165) is 9.87 Å². The van der Waals surface area contributed by atoms with Gasteiger partial charge in [0.15, 0.2) is 0 Å². The summed E-state index contributed by atoms with van der Waals surface area (Å²) < 4.78 is 27.6. The van der Waals surface area contributed by atoms with Gasteiger partial charge in [0, 0.05) is 27.7 Å². The largest absolute Gasteiger partial charge is 0.271 e. The van der Waals surface area contributed by atoms with Crippen molar-refractivity contribution in [3.63, 3.8) is 0 Å². The molecule has 12 heteroatoms. The Morgan fingerprint density at radius 2 is 1.74 bits per heavy atom. The predicted molar refractivity (Wildman–Crippen MR) is 131 cm³/mol. The van der Waals surface area contributed by atoms with Gasteiger partial charge in [0.05, 0.1) is 21.7 Å². The quantitative estimate of drug-likeness (QED) is 0.265. The van der Waals surface area contributed by atoms with Crippen LogP contribution in [0.2, 0.25) is 10.0 Å². The van der Waals surface area contributed by atoms with E-state index < -0.39 is 27.4 Å². The van der Waals surface area contributed by atoms with Gasteiger partial charge in [-0.1, -0.05) is 53.0 Å². The third-order valence-electron chi connectivity index (χ3n) is 4.52. The van der Waals surface area contributed by atoms with Crippen LogP contribution in [0, 0.1) is 17.0 Å². The highest BCUT2D eigenvalue weighted by Crippen LogP contribution is 2.29. The van der Waals surface area contributed by atoms with Crippen molar-refractivity contribution < 1.29 is 18.1 Å². The summed E-state index contributed by atoms with van der Waals surface area (Å²) in [7, 11) is -4.16. The lowest BCUT2D eigenvalue weighted by Gasteiger charge is -2.24. The number of non-ortho nitro benzene ring substituents is 1. The monoisotopic (exact) mass is 520 g/mol. The van der Waals surface area contributed by atoms with Gasteiger partial charge in [0.2, 0.25) is 0 Å². The van der Waals surface area contributed by atoms with E-state index in [1.54, 1.807) is 18.2 Å². The number of carbonyl (C=O) groups is 1. The molecule has 0 aliphatic rings. The molecular weight excluding hydrogens is 503 g/mol. The predicted octanol–water partition coefficient (Wildman–Crippen LogP) is 4.56. The van der Waals surface area contributed by atoms with Crippen molar-refractivity contribution in [3.8, 4) is 0 Å². The molecule has 1 N–H and O–H groups in total. The fourth-order valence-electron chi connectivity index (χ4n) is 2.90. The van der Waals surface area contributed by atoms with Gasteiger partial charge in [0.25, 0.3) is 21.6 Å². The number of anilines is 1. The summed E-state index contributed by atoms with van der Waals surface area (Å²) in [6, 6.07) is 16.0. The number of nitrogens with zero attached hydrogens (tertiary/aromatic N) is 3. The van der Waals surface area contributed by atoms with Crippen LogP contribution in [-0.4, -0.2) is 32.0 Å². The zero-order chi connectivity index (χ0) is 24.9. The highest BCUT2D eigenvalue weighted by molar-refractivity contribution is 7.92. The molecule has 0 radical (unpaired) electrons. The number of nitro groups is 1. The second kappa shape index (κ2) is 10.6. The summed E-state index contributed by atoms with van der Waals surface area (Å²) in [5, 5.41) is 15.0. The van der Waals surface area contributed by atoms with Crippen LogP contribution in [-0.2, 0) is 14.8 Å². The molecule has 0 spiro atoms. The van der Waals surface area contributed by atoms with Crippen molar-refractivity contribution in [2.45, 2.75) is 11.8 Å². The van der Waals surface area contributed by atoms with Crippen molar-refractivity contribution in [1.82, 2.24) is 5.43 Å². The third kappa shape index (κ3) is 6.31. The Bertz CT molecular complexity index is 1340. The van der Waals surface area contributed by atoms with Gasteiger partial charge in [-0.3, -0.25) is 19.2 Å². The fraction of sp³-hybridized carbons (Fsp3) is 0.0909. The minimum absolute atomic E-state index is 0.0258. The number of hydrazone groups is 1. The van der Waals surface area contributed by atoms with Crippen molar-refractivity contribution in [2.24, 2.45) is 5.10 Å². The molecule has 0 saturated carbocycles. The number of carbonyl (C=O) groups excluding carboxylic acids is 1. The molecular formula is C22H18Cl2N4O5S. The van der Waals surface area contributed by atoms with Crippen LogP contribution < -0.4 is 9.73 Å². The van der Waals surface area contributed by atoms with Crippen LogP contribution in [0.3, 0.4) is 0 Å². The number of aryl methyl sites for hydroxylation is 1. The first-order valence-corrected chi connectivity index (χ1v) is 11.9. The molecule has 0 atom stereocenters. The fourth-order valence-corrected chi connectivity index (χ4v) is 4.82. The minimum Gasteiger partial charge on any atom is -0.271 e. The van der Waals surface area contributed by atoms with Gasteiger partial charge in [0.1, 0.15) is 6.54 Å². The molecule has 0 heterocycles. The van der Waals surface area contributed by atoms with Crippen molar-refractivity contribution in [2.75, 3.05) is 10.8 Å². The van der Waals surface area contributed by atoms with E-state index in [1.165, 1.54) is 54.7 Å². The molecule has 0 fully saturated rings. The number of sulfonamides is 1. The van der Waals surface area contributed by atoms with Gasteiger partial charge in [-0.05, 0) is 37.3 Å². The molecule has 176 valence electrons. The number of amides is 1. The Morgan fingerprint density at radius 3 is 2.35 bits per heavy atom. The van der Waals surface area contributed by atoms with Gasteiger partial charge >= 0.3 is 0 Å². The molecule has 0 aliphatic carbocycles. The number of hydrogen-bond donors (Lipinski definition) is 1. The SMILES string of the molecule is Cc1ccc(S(=O)(=O)N(CC(=O)N/N=C\c2cccc([N+](=O)[O-])c2)c2cc(Cl)cc(Cl)c2)cc1. The maximum Gasteiger partial charge on any atom is 0.270 e. The first-order valence-electron chi connectivity index (χ1n) is 9.68. The molecule has 3 aromatic rings. The number of nitrogens with one attached hydrogen (secondary N) is 1. The van der Waals surface area contributed by atoms with E-state index in [9.17, 15) is 23.3 Å². The molecule has 0 aliphatic heterocycles. The smallest absolute Gasteiger partial charge is 0.270 e. The third-order valence-corrected chi connectivity index (χ3v) is 6.74. The van der Waals surface area contributed by atoms with Crippen LogP contribution in [0.4, 0.5) is 11.4 Å². The van der Waals surface area contributed by atoms with Crippen LogP contribution in [0.5, 0.6) is 0 Å². The second-order valence-electron chi connectivity index (χ2n) is 7.10. The summed E-state index contributed by atoms with van der Waals surface area (Å²) in [4.78, 5) is 22.9. The Labute approximate surface area is 205 Å². The van der Waals surface area contributed by atoms with Crippen molar-refractivity contribution in [3.05, 3.63) is 98.0 Å². The van der Waals surface area contributed by atoms with Crippen LogP contribution in [0.25, 0.3) is 0 Å². The van der Waals surface area contributed by atoms with E-state index in [0.29, 0.717) is 5.56 Å². The second-order valence-corrected chi connectivity index (χ2v) is 9.83. The van der Waals surface area contributed by atoms with Crippen LogP contribution >= 0.6 is 23.2 Å². The van der Waals surface area contributed by atoms with Crippen molar-refractivity contribution in [1.29, 1.82) is 0 Å². The lowest BCUT2D eigenvalue weighted by atomic mass is 10.2. The van der Waals surface area contributed by atoms with E-state index in [1.807, 2.05) is 6.92 Å². The zero-order valence-corrected chi connectivity index (χ0v) is 20.0. The molecule has 1 amide bonds. The first kappa shape index (κ1) is 25.2. The Balaban J connectivity index is 1.86. The molecule has 9 nitrogen and oxygen atoms in total. The number of hydrogen-bond acceptors (Lipinski definition) is 6. The zero-order valence-electron chi connectivity index (χ0n) is 17.7. The number of nitro benzene ring substituents is 1. The van der Waals surface area contributed by atoms with E-state index >= 15 is 0 Å². The average Bonchev–Trinajstić information content (AvgIpc) is 2.77. The molecule has 34 heavy (non-hydrogen) atoms. The molecule has 3 aromatic carbocycles. The Morgan fingerprint density at radius 1 is 1.09 bits per heavy atom. The summed E-state index contributed by atoms with van der Waals surface area (Å²) in [5.74, 6) is -0.756. The summed E-state index contributed by atoms with van der Waals surface area (Å²) in [6.07, 6.45) is 1.21. The lowest BCUT2D eigenvalue weighted by Crippen LogP contribution is -2.39. The first-order chi connectivity index (χ1) is 16.1. The molecule has 0 unspecified atom stereocenters. The molecule has 0 saturated heterocycles. The highest BCUT2D eigenvalue weighted by Gasteiger charge is 2.27. The molecule has 0 aromatic heterocycles. The number of benzene rings is 3. The van der Waals surface area contributed by atoms with Gasteiger partial charge in [-0.2, -0.15) is 5.10 Å². The van der Waals surface area contributed by atoms with Crippen LogP contribution in [0.1, 0.15) is 11.1 Å². The lowest BCUT2D eigenvalue weighted by molar-refractivity contribution is -0.384. The highest BCUT2D eigenvalue weighted by atomic mass is 35.5. The average molecular weight is 521 g/mol. The minimum atomic E-state index is -4.16. The number of halogens is 2. The van der Waals surface area contributed by atoms with E-state index in [2.05, 4.69) is 10.5 Å². The van der Waals surface area contributed by atoms with E-state index in [-0.39, 0.29) is 26.3 Å². The normalized spacial score (nSPS) is 11.4. The maximum absolute atomic E-state index is 13.4. The summed E-state index contributed by atoms with van der Waals surface area (Å²) >= 11 is 12.1. The maximum atomic E-state index is 13.4.